The van der Waals surface area contributed by atoms with Crippen molar-refractivity contribution >= 4 is 0 Å². The van der Waals surface area contributed by atoms with E-state index in [4.69, 9.17) is 15.2 Å². The van der Waals surface area contributed by atoms with Crippen LogP contribution in [-0.2, 0) is 0 Å². The largest absolute Gasteiger partial charge is 0.497 e. The Morgan fingerprint density at radius 1 is 1.14 bits per heavy atom. The maximum Gasteiger partial charge on any atom is 0.126 e. The molecule has 118 valence electrons. The molecule has 0 spiro atoms. The zero-order valence-corrected chi connectivity index (χ0v) is 13.3. The van der Waals surface area contributed by atoms with Gasteiger partial charge in [0, 0.05) is 6.07 Å². The van der Waals surface area contributed by atoms with Crippen LogP contribution in [0.1, 0.15) is 37.2 Å². The molecule has 0 aliphatic carbocycles. The molecule has 0 amide bonds. The third-order valence-corrected chi connectivity index (χ3v) is 4.40. The fourth-order valence-corrected chi connectivity index (χ4v) is 3.10. The fraction of sp³-hybridized carbons (Fsp3) is 0.647. The van der Waals surface area contributed by atoms with Gasteiger partial charge in [-0.15, -0.1) is 0 Å². The minimum atomic E-state index is 0.594. The summed E-state index contributed by atoms with van der Waals surface area (Å²) in [4.78, 5) is 2.56. The Morgan fingerprint density at radius 3 is 2.52 bits per heavy atom. The van der Waals surface area contributed by atoms with Gasteiger partial charge in [0.25, 0.3) is 0 Å². The van der Waals surface area contributed by atoms with Gasteiger partial charge in [0.15, 0.2) is 0 Å². The second-order valence-corrected chi connectivity index (χ2v) is 5.72. The van der Waals surface area contributed by atoms with Crippen LogP contribution in [-0.4, -0.2) is 45.3 Å². The van der Waals surface area contributed by atoms with Crippen LogP contribution < -0.4 is 15.2 Å². The van der Waals surface area contributed by atoms with Crippen LogP contribution >= 0.6 is 0 Å². The molecule has 0 aromatic heterocycles. The molecule has 1 aliphatic heterocycles. The first kappa shape index (κ1) is 16.1. The summed E-state index contributed by atoms with van der Waals surface area (Å²) in [6, 6.07) is 6.18. The monoisotopic (exact) mass is 292 g/mol. The van der Waals surface area contributed by atoms with Gasteiger partial charge < -0.3 is 20.1 Å². The van der Waals surface area contributed by atoms with E-state index in [-0.39, 0.29) is 0 Å². The molecule has 4 heteroatoms. The zero-order chi connectivity index (χ0) is 15.1. The predicted molar refractivity (Wildman–Crippen MR) is 86.2 cm³/mol. The molecule has 1 fully saturated rings. The molecule has 0 bridgehead atoms. The molecule has 21 heavy (non-hydrogen) atoms. The normalized spacial score (nSPS) is 16.9. The first-order valence-corrected chi connectivity index (χ1v) is 7.92. The Kier molecular flexibility index (Phi) is 6.33. The second kappa shape index (κ2) is 8.25. The third kappa shape index (κ3) is 4.35. The number of nitrogens with zero attached hydrogens (tertiary/aromatic N) is 1. The van der Waals surface area contributed by atoms with E-state index in [2.05, 4.69) is 11.0 Å². The molecule has 2 N–H and O–H groups in total. The average molecular weight is 292 g/mol. The summed E-state index contributed by atoms with van der Waals surface area (Å²) in [5, 5.41) is 0. The third-order valence-electron chi connectivity index (χ3n) is 4.40. The lowest BCUT2D eigenvalue weighted by molar-refractivity contribution is 0.207. The van der Waals surface area contributed by atoms with Gasteiger partial charge in [0.2, 0.25) is 0 Å². The number of likely N-dealkylation sites (tertiary alicyclic amines) is 1. The van der Waals surface area contributed by atoms with Gasteiger partial charge in [0.05, 0.1) is 14.2 Å². The quantitative estimate of drug-likeness (QED) is 0.785. The number of benzene rings is 1. The van der Waals surface area contributed by atoms with Crippen molar-refractivity contribution in [3.05, 3.63) is 23.8 Å². The molecule has 1 heterocycles. The van der Waals surface area contributed by atoms with Crippen molar-refractivity contribution in [2.24, 2.45) is 5.73 Å². The highest BCUT2D eigenvalue weighted by Crippen LogP contribution is 2.36. The van der Waals surface area contributed by atoms with Crippen LogP contribution in [0.4, 0.5) is 0 Å². The van der Waals surface area contributed by atoms with Crippen molar-refractivity contribution in [3.8, 4) is 11.5 Å². The summed E-state index contributed by atoms with van der Waals surface area (Å²) < 4.78 is 10.8. The van der Waals surface area contributed by atoms with Gasteiger partial charge in [-0.1, -0.05) is 6.07 Å². The summed E-state index contributed by atoms with van der Waals surface area (Å²) in [7, 11) is 3.43. The van der Waals surface area contributed by atoms with Crippen molar-refractivity contribution < 1.29 is 9.47 Å². The number of methoxy groups -OCH3 is 2. The Morgan fingerprint density at radius 2 is 1.90 bits per heavy atom. The number of nitrogens with two attached hydrogens (primary N) is 1. The van der Waals surface area contributed by atoms with Crippen LogP contribution in [0, 0.1) is 0 Å². The lowest BCUT2D eigenvalue weighted by Crippen LogP contribution is -2.34. The molecule has 0 atom stereocenters. The lowest BCUT2D eigenvalue weighted by Gasteiger charge is -2.32. The highest BCUT2D eigenvalue weighted by Gasteiger charge is 2.23. The van der Waals surface area contributed by atoms with Crippen LogP contribution in [0.3, 0.4) is 0 Å². The lowest BCUT2D eigenvalue weighted by atomic mass is 9.88. The molecule has 2 rings (SSSR count). The Hall–Kier alpha value is -1.26. The molecule has 1 saturated heterocycles. The van der Waals surface area contributed by atoms with E-state index >= 15 is 0 Å². The highest BCUT2D eigenvalue weighted by atomic mass is 16.5. The topological polar surface area (TPSA) is 47.7 Å². The standard InChI is InChI=1S/C17H28N2O2/c1-20-15-5-6-16(17(13-15)21-2)14-7-11-19(12-8-14)10-4-3-9-18/h5-6,13-14H,3-4,7-12,18H2,1-2H3. The summed E-state index contributed by atoms with van der Waals surface area (Å²) in [6.07, 6.45) is 4.75. The van der Waals surface area contributed by atoms with Crippen LogP contribution in [0.25, 0.3) is 0 Å². The van der Waals surface area contributed by atoms with Crippen molar-refractivity contribution in [1.29, 1.82) is 0 Å². The Labute approximate surface area is 128 Å². The highest BCUT2D eigenvalue weighted by molar-refractivity contribution is 5.42. The van der Waals surface area contributed by atoms with Crippen molar-refractivity contribution in [3.63, 3.8) is 0 Å². The maximum absolute atomic E-state index is 5.56. The first-order chi connectivity index (χ1) is 10.3. The summed E-state index contributed by atoms with van der Waals surface area (Å²) in [6.45, 7) is 4.33. The van der Waals surface area contributed by atoms with E-state index in [0.29, 0.717) is 5.92 Å². The van der Waals surface area contributed by atoms with E-state index in [9.17, 15) is 0 Å². The van der Waals surface area contributed by atoms with Crippen molar-refractivity contribution in [2.75, 3.05) is 40.4 Å². The molecule has 0 unspecified atom stereocenters. The van der Waals surface area contributed by atoms with Gasteiger partial charge in [-0.3, -0.25) is 0 Å². The fourth-order valence-electron chi connectivity index (χ4n) is 3.10. The van der Waals surface area contributed by atoms with E-state index in [0.717, 1.165) is 24.5 Å². The van der Waals surface area contributed by atoms with Gasteiger partial charge in [0.1, 0.15) is 11.5 Å². The molecular formula is C17H28N2O2. The summed E-state index contributed by atoms with van der Waals surface area (Å²) in [5.41, 5.74) is 6.87. The van der Waals surface area contributed by atoms with Gasteiger partial charge >= 0.3 is 0 Å². The number of rotatable bonds is 7. The van der Waals surface area contributed by atoms with E-state index < -0.39 is 0 Å². The van der Waals surface area contributed by atoms with Crippen LogP contribution in [0.5, 0.6) is 11.5 Å². The summed E-state index contributed by atoms with van der Waals surface area (Å²) >= 11 is 0. The molecule has 4 nitrogen and oxygen atoms in total. The van der Waals surface area contributed by atoms with Gasteiger partial charge in [-0.2, -0.15) is 0 Å². The molecule has 0 radical (unpaired) electrons. The van der Waals surface area contributed by atoms with E-state index in [1.807, 2.05) is 12.1 Å². The number of ether oxygens (including phenoxy) is 2. The zero-order valence-electron chi connectivity index (χ0n) is 13.3. The van der Waals surface area contributed by atoms with E-state index in [1.54, 1.807) is 14.2 Å². The minimum Gasteiger partial charge on any atom is -0.497 e. The molecular weight excluding hydrogens is 264 g/mol. The Balaban J connectivity index is 1.92. The van der Waals surface area contributed by atoms with E-state index in [1.165, 1.54) is 44.5 Å². The first-order valence-electron chi connectivity index (χ1n) is 7.92. The number of piperidine rings is 1. The predicted octanol–water partition coefficient (Wildman–Crippen LogP) is 2.62. The number of unbranched alkanes of at least 4 members (excludes halogenated alkanes) is 1. The van der Waals surface area contributed by atoms with Crippen molar-refractivity contribution in [1.82, 2.24) is 4.90 Å². The van der Waals surface area contributed by atoms with Gasteiger partial charge in [-0.25, -0.2) is 0 Å². The van der Waals surface area contributed by atoms with Crippen LogP contribution in [0.15, 0.2) is 18.2 Å². The number of hydrogen-bond acceptors (Lipinski definition) is 4. The van der Waals surface area contributed by atoms with Crippen molar-refractivity contribution in [2.45, 2.75) is 31.6 Å². The number of hydrogen-bond donors (Lipinski definition) is 1. The SMILES string of the molecule is COc1ccc(C2CCN(CCCCN)CC2)c(OC)c1. The smallest absolute Gasteiger partial charge is 0.126 e. The average Bonchev–Trinajstić information content (AvgIpc) is 2.55. The molecule has 1 aliphatic rings. The Bertz CT molecular complexity index is 429. The molecule has 1 aromatic carbocycles. The minimum absolute atomic E-state index is 0.594. The molecule has 1 aromatic rings. The van der Waals surface area contributed by atoms with Gasteiger partial charge in [-0.05, 0) is 69.4 Å². The second-order valence-electron chi connectivity index (χ2n) is 5.72. The summed E-state index contributed by atoms with van der Waals surface area (Å²) in [5.74, 6) is 2.40. The molecule has 0 saturated carbocycles. The van der Waals surface area contributed by atoms with Crippen LogP contribution in [0.2, 0.25) is 0 Å². The maximum atomic E-state index is 5.56.